The Labute approximate surface area is 201 Å². The first-order chi connectivity index (χ1) is 16.4. The lowest BCUT2D eigenvalue weighted by molar-refractivity contribution is -0.257. The number of hydrogen-bond acceptors (Lipinski definition) is 8. The van der Waals surface area contributed by atoms with Crippen molar-refractivity contribution >= 4 is 17.6 Å². The number of hydrogen-bond donors (Lipinski definition) is 0. The number of carboxylic acids is 1. The average Bonchev–Trinajstić information content (AvgIpc) is 3.42. The highest BCUT2D eigenvalue weighted by Gasteiger charge is 2.36. The third kappa shape index (κ3) is 4.69. The van der Waals surface area contributed by atoms with Gasteiger partial charge in [-0.15, -0.1) is 20.4 Å². The largest absolute Gasteiger partial charge is 0.540 e. The van der Waals surface area contributed by atoms with Crippen molar-refractivity contribution in [3.8, 4) is 28.6 Å². The van der Waals surface area contributed by atoms with Crippen molar-refractivity contribution in [3.63, 3.8) is 0 Å². The molecule has 13 heteroatoms. The molecule has 0 fully saturated rings. The van der Waals surface area contributed by atoms with Gasteiger partial charge in [0.2, 0.25) is 0 Å². The smallest absolute Gasteiger partial charge is 0.417 e. The van der Waals surface area contributed by atoms with E-state index in [1.807, 2.05) is 0 Å². The Kier molecular flexibility index (Phi) is 6.01. The maximum absolute atomic E-state index is 13.5. The van der Waals surface area contributed by atoms with E-state index in [2.05, 4.69) is 20.4 Å². The number of ether oxygens (including phenoxy) is 1. The second kappa shape index (κ2) is 8.69. The van der Waals surface area contributed by atoms with Crippen LogP contribution in [0.4, 0.5) is 13.2 Å². The minimum Gasteiger partial charge on any atom is -0.540 e. The lowest BCUT2D eigenvalue weighted by Crippen LogP contribution is -2.29. The summed E-state index contributed by atoms with van der Waals surface area (Å²) >= 11 is 6.08. The van der Waals surface area contributed by atoms with E-state index < -0.39 is 29.2 Å². The molecule has 0 radical (unpaired) electrons. The Bertz CT molecular complexity index is 1410. The summed E-state index contributed by atoms with van der Waals surface area (Å²) < 4.78 is 53.2. The molecule has 2 aromatic carbocycles. The van der Waals surface area contributed by atoms with Crippen LogP contribution in [0.5, 0.6) is 5.75 Å². The number of benzene rings is 2. The van der Waals surface area contributed by atoms with Gasteiger partial charge < -0.3 is 23.6 Å². The van der Waals surface area contributed by atoms with Crippen molar-refractivity contribution < 1.29 is 32.2 Å². The number of aromatic nitrogens is 5. The van der Waals surface area contributed by atoms with Gasteiger partial charge in [0.25, 0.3) is 11.8 Å². The summed E-state index contributed by atoms with van der Waals surface area (Å²) in [7, 11) is 1.52. The topological polar surface area (TPSA) is 119 Å². The van der Waals surface area contributed by atoms with E-state index in [0.29, 0.717) is 0 Å². The predicted octanol–water partition coefficient (Wildman–Crippen LogP) is 3.88. The molecular weight excluding hydrogens is 491 g/mol. The van der Waals surface area contributed by atoms with Gasteiger partial charge >= 0.3 is 6.18 Å². The van der Waals surface area contributed by atoms with Crippen molar-refractivity contribution in [2.45, 2.75) is 25.6 Å². The Balaban J connectivity index is 1.73. The Morgan fingerprint density at radius 1 is 1.06 bits per heavy atom. The van der Waals surface area contributed by atoms with Crippen LogP contribution < -0.4 is 9.84 Å². The molecule has 0 unspecified atom stereocenters. The number of nitrogens with zero attached hydrogens (tertiary/aromatic N) is 5. The van der Waals surface area contributed by atoms with Crippen LogP contribution in [-0.4, -0.2) is 30.9 Å². The fourth-order valence-corrected chi connectivity index (χ4v) is 3.68. The number of rotatable bonds is 6. The van der Waals surface area contributed by atoms with Gasteiger partial charge in [-0.05, 0) is 38.1 Å². The third-order valence-electron chi connectivity index (χ3n) is 5.02. The van der Waals surface area contributed by atoms with E-state index in [4.69, 9.17) is 20.8 Å². The van der Waals surface area contributed by atoms with Crippen LogP contribution >= 0.6 is 11.6 Å². The van der Waals surface area contributed by atoms with Crippen molar-refractivity contribution in [1.29, 1.82) is 0 Å². The molecule has 0 spiro atoms. The number of halogens is 4. The number of carbonyl (C=O) groups excluding carboxylic acids is 1. The van der Waals surface area contributed by atoms with Crippen LogP contribution in [0.15, 0.2) is 46.9 Å². The van der Waals surface area contributed by atoms with E-state index in [1.165, 1.54) is 48.0 Å². The van der Waals surface area contributed by atoms with Gasteiger partial charge in [-0.3, -0.25) is 0 Å². The molecule has 0 saturated heterocycles. The molecule has 182 valence electrons. The fourth-order valence-electron chi connectivity index (χ4n) is 3.51. The van der Waals surface area contributed by atoms with E-state index in [9.17, 15) is 23.1 Å². The highest BCUT2D eigenvalue weighted by molar-refractivity contribution is 6.30. The number of carbonyl (C=O) groups is 1. The molecule has 0 saturated carbocycles. The molecule has 0 atom stereocenters. The number of aromatic carboxylic acids is 1. The summed E-state index contributed by atoms with van der Waals surface area (Å²) in [6, 6.07) is 9.50. The standard InChI is InChI=1S/C22H17ClF3N5O4/c1-21(2,20-30-27-16(31(20)3)12-6-4-5-7-14(12)22(24,25)26)35-15-9-8-11(23)10-13(15)17-28-29-18(34-17)19(32)33/h4-10H,1-3H3,(H,32,33)/p-1. The summed E-state index contributed by atoms with van der Waals surface area (Å²) in [4.78, 5) is 11.0. The van der Waals surface area contributed by atoms with Gasteiger partial charge in [-0.25, -0.2) is 0 Å². The second-order valence-electron chi connectivity index (χ2n) is 7.90. The summed E-state index contributed by atoms with van der Waals surface area (Å²) in [6.07, 6.45) is -4.58. The monoisotopic (exact) mass is 506 g/mol. The number of alkyl halides is 3. The van der Waals surface area contributed by atoms with Crippen LogP contribution in [0, 0.1) is 0 Å². The lowest BCUT2D eigenvalue weighted by atomic mass is 10.1. The normalized spacial score (nSPS) is 12.1. The maximum atomic E-state index is 13.5. The fraction of sp³-hybridized carbons (Fsp3) is 0.227. The van der Waals surface area contributed by atoms with Crippen molar-refractivity contribution in [1.82, 2.24) is 25.0 Å². The Morgan fingerprint density at radius 2 is 1.77 bits per heavy atom. The Morgan fingerprint density at radius 3 is 2.43 bits per heavy atom. The molecule has 0 bridgehead atoms. The zero-order valence-electron chi connectivity index (χ0n) is 18.4. The van der Waals surface area contributed by atoms with Crippen LogP contribution in [0.1, 0.15) is 35.9 Å². The lowest BCUT2D eigenvalue weighted by Gasteiger charge is -2.26. The van der Waals surface area contributed by atoms with Crippen molar-refractivity contribution in [2.24, 2.45) is 7.05 Å². The molecule has 35 heavy (non-hydrogen) atoms. The van der Waals surface area contributed by atoms with Crippen LogP contribution in [0.2, 0.25) is 5.02 Å². The molecule has 0 N–H and O–H groups in total. The molecule has 4 rings (SSSR count). The molecule has 0 aliphatic heterocycles. The molecule has 0 aliphatic carbocycles. The first-order valence-electron chi connectivity index (χ1n) is 9.98. The molecule has 2 aromatic heterocycles. The van der Waals surface area contributed by atoms with Crippen molar-refractivity contribution in [3.05, 3.63) is 64.8 Å². The highest BCUT2D eigenvalue weighted by atomic mass is 35.5. The van der Waals surface area contributed by atoms with Crippen LogP contribution in [-0.2, 0) is 18.8 Å². The quantitative estimate of drug-likeness (QED) is 0.386. The SMILES string of the molecule is Cn1c(-c2ccccc2C(F)(F)F)nnc1C(C)(C)Oc1ccc(Cl)cc1-c1nnc(C(=O)[O-])o1. The number of carboxylic acid groups (broad SMARTS) is 1. The molecule has 4 aromatic rings. The first kappa shape index (κ1) is 24.2. The van der Waals surface area contributed by atoms with Gasteiger partial charge in [0.05, 0.1) is 11.1 Å². The van der Waals surface area contributed by atoms with Crippen LogP contribution in [0.25, 0.3) is 22.8 Å². The van der Waals surface area contributed by atoms with E-state index in [0.717, 1.165) is 6.07 Å². The summed E-state index contributed by atoms with van der Waals surface area (Å²) in [6.45, 7) is 3.27. The summed E-state index contributed by atoms with van der Waals surface area (Å²) in [5, 5.41) is 26.4. The van der Waals surface area contributed by atoms with Gasteiger partial charge in [0, 0.05) is 17.6 Å². The molecular formula is C22H16ClF3N5O4-. The zero-order valence-corrected chi connectivity index (χ0v) is 19.2. The highest BCUT2D eigenvalue weighted by Crippen LogP contribution is 2.39. The van der Waals surface area contributed by atoms with Gasteiger partial charge in [0.1, 0.15) is 11.7 Å². The van der Waals surface area contributed by atoms with E-state index in [1.54, 1.807) is 13.8 Å². The Hall–Kier alpha value is -3.93. The predicted molar refractivity (Wildman–Crippen MR) is 114 cm³/mol. The van der Waals surface area contributed by atoms with Gasteiger partial charge in [0.15, 0.2) is 17.2 Å². The van der Waals surface area contributed by atoms with Gasteiger partial charge in [-0.2, -0.15) is 13.2 Å². The first-order valence-corrected chi connectivity index (χ1v) is 10.4. The van der Waals surface area contributed by atoms with Gasteiger partial charge in [-0.1, -0.05) is 29.8 Å². The molecule has 2 heterocycles. The van der Waals surface area contributed by atoms with E-state index >= 15 is 0 Å². The van der Waals surface area contributed by atoms with Crippen LogP contribution in [0.3, 0.4) is 0 Å². The molecule has 0 aliphatic rings. The maximum Gasteiger partial charge on any atom is 0.417 e. The molecule has 0 amide bonds. The summed E-state index contributed by atoms with van der Waals surface area (Å²) in [5.41, 5.74) is -2.02. The average molecular weight is 507 g/mol. The van der Waals surface area contributed by atoms with Crippen molar-refractivity contribution in [2.75, 3.05) is 0 Å². The summed E-state index contributed by atoms with van der Waals surface area (Å²) in [5.74, 6) is -2.18. The van der Waals surface area contributed by atoms with E-state index in [-0.39, 0.29) is 39.4 Å². The molecule has 9 nitrogen and oxygen atoms in total. The zero-order chi connectivity index (χ0) is 25.5. The minimum atomic E-state index is -4.58. The minimum absolute atomic E-state index is 0.00330. The third-order valence-corrected chi connectivity index (χ3v) is 5.26. The second-order valence-corrected chi connectivity index (χ2v) is 8.34.